The van der Waals surface area contributed by atoms with Crippen LogP contribution in [0.15, 0.2) is 30.3 Å². The van der Waals surface area contributed by atoms with E-state index in [0.717, 1.165) is 0 Å². The molecule has 104 valence electrons. The Morgan fingerprint density at radius 1 is 1.16 bits per heavy atom. The van der Waals surface area contributed by atoms with Gasteiger partial charge in [-0.1, -0.05) is 74.7 Å². The molecule has 1 heterocycles. The summed E-state index contributed by atoms with van der Waals surface area (Å²) < 4.78 is 0. The average molecular weight is 274 g/mol. The van der Waals surface area contributed by atoms with Gasteiger partial charge in [0.15, 0.2) is 0 Å². The lowest BCUT2D eigenvalue weighted by Gasteiger charge is -2.34. The minimum Gasteiger partial charge on any atom is -0.309 e. The highest BCUT2D eigenvalue weighted by Crippen LogP contribution is 2.39. The summed E-state index contributed by atoms with van der Waals surface area (Å²) in [7, 11) is -1.55. The van der Waals surface area contributed by atoms with Gasteiger partial charge in [-0.2, -0.15) is 0 Å². The molecule has 0 atom stereocenters. The Morgan fingerprint density at radius 2 is 1.84 bits per heavy atom. The monoisotopic (exact) mass is 274 g/mol. The largest absolute Gasteiger partial charge is 0.309 e. The second-order valence-electron chi connectivity index (χ2n) is 6.12. The lowest BCUT2D eigenvalue weighted by Crippen LogP contribution is -2.40. The standard InChI is InChI=1S/C17H26OSi/c1-2-3-7-12-19(15-18)13-10-17(11-14-19)16-8-5-4-6-9-16/h4-6,8-9,15,17H,2-3,7,10-14H2,1H3. The van der Waals surface area contributed by atoms with Crippen molar-refractivity contribution in [1.82, 2.24) is 0 Å². The molecule has 1 aliphatic heterocycles. The van der Waals surface area contributed by atoms with Crippen LogP contribution in [0.5, 0.6) is 0 Å². The zero-order chi connectivity index (χ0) is 13.6. The highest BCUT2D eigenvalue weighted by atomic mass is 28.3. The zero-order valence-electron chi connectivity index (χ0n) is 12.1. The number of hydrogen-bond donors (Lipinski definition) is 0. The fraction of sp³-hybridized carbons (Fsp3) is 0.588. The third-order valence-electron chi connectivity index (χ3n) is 4.78. The van der Waals surface area contributed by atoms with Gasteiger partial charge in [-0.05, 0) is 24.3 Å². The fourth-order valence-electron chi connectivity index (χ4n) is 3.41. The average Bonchev–Trinajstić information content (AvgIpc) is 2.49. The predicted octanol–water partition coefficient (Wildman–Crippen LogP) is 4.97. The maximum atomic E-state index is 11.6. The second-order valence-corrected chi connectivity index (χ2v) is 10.6. The van der Waals surface area contributed by atoms with E-state index in [1.54, 1.807) is 0 Å². The van der Waals surface area contributed by atoms with Crippen molar-refractivity contribution in [2.24, 2.45) is 0 Å². The molecule has 2 heteroatoms. The molecule has 0 unspecified atom stereocenters. The number of carbonyl (C=O) groups is 1. The van der Waals surface area contributed by atoms with Crippen LogP contribution in [0.4, 0.5) is 0 Å². The fourth-order valence-corrected chi connectivity index (χ4v) is 7.31. The summed E-state index contributed by atoms with van der Waals surface area (Å²) in [6, 6.07) is 14.5. The molecule has 19 heavy (non-hydrogen) atoms. The van der Waals surface area contributed by atoms with Gasteiger partial charge in [-0.3, -0.25) is 0 Å². The first-order valence-corrected chi connectivity index (χ1v) is 10.5. The third-order valence-corrected chi connectivity index (χ3v) is 9.20. The van der Waals surface area contributed by atoms with Crippen LogP contribution in [0.25, 0.3) is 0 Å². The van der Waals surface area contributed by atoms with Crippen LogP contribution in [-0.4, -0.2) is 14.0 Å². The van der Waals surface area contributed by atoms with Crippen molar-refractivity contribution in [3.05, 3.63) is 35.9 Å². The number of rotatable bonds is 6. The van der Waals surface area contributed by atoms with E-state index in [1.807, 2.05) is 0 Å². The summed E-state index contributed by atoms with van der Waals surface area (Å²) in [4.78, 5) is 11.6. The molecule has 1 fully saturated rings. The van der Waals surface area contributed by atoms with Crippen LogP contribution in [-0.2, 0) is 4.79 Å². The maximum absolute atomic E-state index is 11.6. The second kappa shape index (κ2) is 7.04. The van der Waals surface area contributed by atoms with Gasteiger partial charge in [0.25, 0.3) is 0 Å². The first-order chi connectivity index (χ1) is 9.29. The van der Waals surface area contributed by atoms with E-state index in [-0.39, 0.29) is 0 Å². The smallest absolute Gasteiger partial charge is 0.128 e. The van der Waals surface area contributed by atoms with Gasteiger partial charge < -0.3 is 4.79 Å². The van der Waals surface area contributed by atoms with E-state index in [0.29, 0.717) is 5.92 Å². The number of benzene rings is 1. The Labute approximate surface area is 118 Å². The van der Waals surface area contributed by atoms with E-state index in [2.05, 4.69) is 37.3 Å². The van der Waals surface area contributed by atoms with E-state index in [4.69, 9.17) is 0 Å². The Hall–Kier alpha value is -0.893. The first-order valence-electron chi connectivity index (χ1n) is 7.81. The van der Waals surface area contributed by atoms with Crippen molar-refractivity contribution >= 4 is 14.0 Å². The van der Waals surface area contributed by atoms with Gasteiger partial charge in [-0.15, -0.1) is 0 Å². The van der Waals surface area contributed by atoms with Gasteiger partial charge in [0.2, 0.25) is 0 Å². The molecular formula is C17H26OSi. The van der Waals surface area contributed by atoms with E-state index >= 15 is 0 Å². The van der Waals surface area contributed by atoms with Crippen LogP contribution in [0.3, 0.4) is 0 Å². The molecule has 1 nitrogen and oxygen atoms in total. The molecular weight excluding hydrogens is 248 g/mol. The highest BCUT2D eigenvalue weighted by Gasteiger charge is 2.37. The minimum atomic E-state index is -1.55. The van der Waals surface area contributed by atoms with Gasteiger partial charge in [0, 0.05) is 0 Å². The highest BCUT2D eigenvalue weighted by molar-refractivity contribution is 7.01. The molecule has 0 radical (unpaired) electrons. The Balaban J connectivity index is 1.91. The minimum absolute atomic E-state index is 0.702. The number of carbonyl (C=O) groups excluding carboxylic acids is 1. The molecule has 0 aliphatic carbocycles. The summed E-state index contributed by atoms with van der Waals surface area (Å²) in [5, 5.41) is 0. The Kier molecular flexibility index (Phi) is 5.38. The molecule has 1 aromatic carbocycles. The van der Waals surface area contributed by atoms with Crippen LogP contribution in [0, 0.1) is 0 Å². The van der Waals surface area contributed by atoms with Crippen LogP contribution < -0.4 is 0 Å². The summed E-state index contributed by atoms with van der Waals surface area (Å²) in [5.41, 5.74) is 1.48. The molecule has 0 bridgehead atoms. The Bertz CT molecular complexity index is 380. The summed E-state index contributed by atoms with van der Waals surface area (Å²) >= 11 is 0. The van der Waals surface area contributed by atoms with Crippen LogP contribution in [0.1, 0.15) is 50.5 Å². The lowest BCUT2D eigenvalue weighted by molar-refractivity contribution is 0.556. The number of unbranched alkanes of at least 4 members (excludes halogenated alkanes) is 2. The summed E-state index contributed by atoms with van der Waals surface area (Å²) in [6.07, 6.45) is 6.31. The normalized spacial score (nSPS) is 27.1. The zero-order valence-corrected chi connectivity index (χ0v) is 13.1. The SMILES string of the molecule is CCCCC[Si]1(C=O)CCC(c2ccccc2)CC1. The Morgan fingerprint density at radius 3 is 2.42 bits per heavy atom. The molecule has 0 amide bonds. The third kappa shape index (κ3) is 3.79. The van der Waals surface area contributed by atoms with E-state index in [1.165, 1.54) is 61.7 Å². The maximum Gasteiger partial charge on any atom is 0.128 e. The molecule has 1 aromatic rings. The van der Waals surface area contributed by atoms with Crippen molar-refractivity contribution in [3.8, 4) is 0 Å². The van der Waals surface area contributed by atoms with Crippen molar-refractivity contribution in [2.45, 2.75) is 63.1 Å². The van der Waals surface area contributed by atoms with Crippen molar-refractivity contribution < 1.29 is 4.79 Å². The van der Waals surface area contributed by atoms with Crippen LogP contribution in [0.2, 0.25) is 18.1 Å². The molecule has 0 spiro atoms. The van der Waals surface area contributed by atoms with Crippen molar-refractivity contribution in [1.29, 1.82) is 0 Å². The molecule has 1 aliphatic rings. The predicted molar refractivity (Wildman–Crippen MR) is 84.9 cm³/mol. The molecule has 0 aromatic heterocycles. The molecule has 2 rings (SSSR count). The molecule has 0 N–H and O–H groups in total. The molecule has 1 saturated heterocycles. The summed E-state index contributed by atoms with van der Waals surface area (Å²) in [5.74, 6) is 2.11. The van der Waals surface area contributed by atoms with Crippen LogP contribution >= 0.6 is 0 Å². The van der Waals surface area contributed by atoms with E-state index in [9.17, 15) is 4.79 Å². The lowest BCUT2D eigenvalue weighted by atomic mass is 9.94. The van der Waals surface area contributed by atoms with Gasteiger partial charge >= 0.3 is 0 Å². The van der Waals surface area contributed by atoms with Gasteiger partial charge in [-0.25, -0.2) is 0 Å². The number of hydrogen-bond acceptors (Lipinski definition) is 1. The molecule has 0 saturated carbocycles. The van der Waals surface area contributed by atoms with E-state index < -0.39 is 8.07 Å². The van der Waals surface area contributed by atoms with Gasteiger partial charge in [0.05, 0.1) is 5.91 Å². The van der Waals surface area contributed by atoms with Crippen molar-refractivity contribution in [3.63, 3.8) is 0 Å². The van der Waals surface area contributed by atoms with Crippen molar-refractivity contribution in [2.75, 3.05) is 0 Å². The summed E-state index contributed by atoms with van der Waals surface area (Å²) in [6.45, 7) is 2.24. The quantitative estimate of drug-likeness (QED) is 0.406. The topological polar surface area (TPSA) is 17.1 Å². The first kappa shape index (κ1) is 14.5. The van der Waals surface area contributed by atoms with Gasteiger partial charge in [0.1, 0.15) is 8.07 Å².